The van der Waals surface area contributed by atoms with Crippen molar-refractivity contribution in [2.45, 2.75) is 6.92 Å². The van der Waals surface area contributed by atoms with Crippen molar-refractivity contribution < 1.29 is 0 Å². The van der Waals surface area contributed by atoms with Crippen LogP contribution in [0.2, 0.25) is 0 Å². The summed E-state index contributed by atoms with van der Waals surface area (Å²) >= 11 is 0. The Labute approximate surface area is 77.5 Å². The average molecular weight is 178 g/mol. The molecule has 70 valence electrons. The van der Waals surface area contributed by atoms with E-state index in [4.69, 9.17) is 0 Å². The second-order valence-electron chi connectivity index (χ2n) is 2.91. The quantitative estimate of drug-likeness (QED) is 0.722. The molecule has 2 N–H and O–H groups in total. The second kappa shape index (κ2) is 4.62. The number of nitrogens with one attached hydrogen (secondary N) is 2. The monoisotopic (exact) mass is 178 g/mol. The van der Waals surface area contributed by atoms with Gasteiger partial charge in [0.15, 0.2) is 0 Å². The first kappa shape index (κ1) is 9.74. The van der Waals surface area contributed by atoms with E-state index in [1.165, 1.54) is 0 Å². The lowest BCUT2D eigenvalue weighted by molar-refractivity contribution is 0.922. The third-order valence-electron chi connectivity index (χ3n) is 1.74. The Hall–Kier alpha value is -1.35. The van der Waals surface area contributed by atoms with Crippen LogP contribution in [0.5, 0.6) is 0 Å². The topological polar surface area (TPSA) is 44.9 Å². The first-order valence-corrected chi connectivity index (χ1v) is 4.24. The molecule has 0 aliphatic carbocycles. The molecule has 0 bridgehead atoms. The Morgan fingerprint density at radius 1 is 1.62 bits per heavy atom. The van der Waals surface area contributed by atoms with Crippen LogP contribution < -0.4 is 10.9 Å². The molecular formula is C10H14N2O. The van der Waals surface area contributed by atoms with Crippen molar-refractivity contribution in [3.05, 3.63) is 39.8 Å². The van der Waals surface area contributed by atoms with Gasteiger partial charge in [0.05, 0.1) is 0 Å². The summed E-state index contributed by atoms with van der Waals surface area (Å²) in [6.07, 6.45) is 5.69. The van der Waals surface area contributed by atoms with Crippen LogP contribution in [0.4, 0.5) is 0 Å². The predicted octanol–water partition coefficient (Wildman–Crippen LogP) is 0.916. The normalized spacial score (nSPS) is 10.9. The molecule has 1 heterocycles. The van der Waals surface area contributed by atoms with E-state index in [9.17, 15) is 4.79 Å². The number of hydrogen-bond acceptors (Lipinski definition) is 2. The molecule has 3 heteroatoms. The zero-order valence-electron chi connectivity index (χ0n) is 7.92. The predicted molar refractivity (Wildman–Crippen MR) is 54.8 cm³/mol. The summed E-state index contributed by atoms with van der Waals surface area (Å²) in [5, 5.41) is 3.01. The second-order valence-corrected chi connectivity index (χ2v) is 2.91. The van der Waals surface area contributed by atoms with E-state index in [1.54, 1.807) is 13.1 Å². The van der Waals surface area contributed by atoms with Crippen LogP contribution >= 0.6 is 0 Å². The molecule has 0 spiro atoms. The smallest absolute Gasteiger partial charge is 0.250 e. The molecule has 3 nitrogen and oxygen atoms in total. The van der Waals surface area contributed by atoms with Gasteiger partial charge in [0.25, 0.3) is 5.56 Å². The Bertz CT molecular complexity index is 352. The molecule has 0 unspecified atom stereocenters. The van der Waals surface area contributed by atoms with Gasteiger partial charge in [0.2, 0.25) is 0 Å². The van der Waals surface area contributed by atoms with Gasteiger partial charge in [-0.3, -0.25) is 4.79 Å². The highest BCUT2D eigenvalue weighted by molar-refractivity contribution is 5.48. The maximum absolute atomic E-state index is 11.0. The largest absolute Gasteiger partial charge is 0.328 e. The minimum absolute atomic E-state index is 0.0224. The number of hydrogen-bond donors (Lipinski definition) is 2. The lowest BCUT2D eigenvalue weighted by Gasteiger charge is -1.94. The van der Waals surface area contributed by atoms with Gasteiger partial charge in [0.1, 0.15) is 0 Å². The molecule has 0 atom stereocenters. The summed E-state index contributed by atoms with van der Waals surface area (Å²) in [6.45, 7) is 2.63. The van der Waals surface area contributed by atoms with E-state index < -0.39 is 0 Å². The maximum atomic E-state index is 11.0. The summed E-state index contributed by atoms with van der Waals surface area (Å²) < 4.78 is 0. The highest BCUT2D eigenvalue weighted by atomic mass is 16.1. The number of pyridine rings is 1. The van der Waals surface area contributed by atoms with Crippen molar-refractivity contribution in [3.8, 4) is 0 Å². The molecule has 0 fully saturated rings. The molecule has 0 aliphatic heterocycles. The number of rotatable bonds is 3. The van der Waals surface area contributed by atoms with Gasteiger partial charge in [-0.05, 0) is 25.6 Å². The lowest BCUT2D eigenvalue weighted by atomic mass is 10.2. The van der Waals surface area contributed by atoms with E-state index in [0.717, 1.165) is 17.7 Å². The summed E-state index contributed by atoms with van der Waals surface area (Å²) in [6, 6.07) is 1.87. The SMILES string of the molecule is CNCC=Cc1c[nH]c(=O)c(C)c1. The van der Waals surface area contributed by atoms with E-state index in [0.29, 0.717) is 0 Å². The van der Waals surface area contributed by atoms with Crippen molar-refractivity contribution in [2.24, 2.45) is 0 Å². The van der Waals surface area contributed by atoms with Crippen LogP contribution in [0.25, 0.3) is 6.08 Å². The first-order chi connectivity index (χ1) is 6.24. The fourth-order valence-corrected chi connectivity index (χ4v) is 1.03. The van der Waals surface area contributed by atoms with Crippen LogP contribution in [0.15, 0.2) is 23.1 Å². The van der Waals surface area contributed by atoms with Crippen molar-refractivity contribution >= 4 is 6.08 Å². The van der Waals surface area contributed by atoms with Gasteiger partial charge < -0.3 is 10.3 Å². The molecule has 1 aromatic rings. The van der Waals surface area contributed by atoms with Gasteiger partial charge in [-0.2, -0.15) is 0 Å². The van der Waals surface area contributed by atoms with Gasteiger partial charge in [-0.15, -0.1) is 0 Å². The molecule has 0 aromatic carbocycles. The van der Waals surface area contributed by atoms with Crippen molar-refractivity contribution in [1.29, 1.82) is 0 Å². The van der Waals surface area contributed by atoms with Gasteiger partial charge >= 0.3 is 0 Å². The lowest BCUT2D eigenvalue weighted by Crippen LogP contribution is -2.08. The molecule has 0 saturated carbocycles. The Morgan fingerprint density at radius 2 is 2.38 bits per heavy atom. The first-order valence-electron chi connectivity index (χ1n) is 4.24. The third kappa shape index (κ3) is 2.87. The number of H-pyrrole nitrogens is 1. The van der Waals surface area contributed by atoms with Crippen molar-refractivity contribution in [1.82, 2.24) is 10.3 Å². The minimum atomic E-state index is -0.0224. The molecule has 13 heavy (non-hydrogen) atoms. The van der Waals surface area contributed by atoms with Gasteiger partial charge in [-0.25, -0.2) is 0 Å². The van der Waals surface area contributed by atoms with Crippen LogP contribution in [0.3, 0.4) is 0 Å². The highest BCUT2D eigenvalue weighted by Crippen LogP contribution is 1.99. The maximum Gasteiger partial charge on any atom is 0.250 e. The Kier molecular flexibility index (Phi) is 3.46. The average Bonchev–Trinajstić information content (AvgIpc) is 2.12. The number of aryl methyl sites for hydroxylation is 1. The number of aromatic nitrogens is 1. The van der Waals surface area contributed by atoms with E-state index in [1.807, 2.05) is 25.3 Å². The molecule has 0 radical (unpaired) electrons. The molecule has 1 aromatic heterocycles. The van der Waals surface area contributed by atoms with Crippen LogP contribution in [-0.4, -0.2) is 18.6 Å². The fraction of sp³-hybridized carbons (Fsp3) is 0.300. The Balaban J connectivity index is 2.79. The van der Waals surface area contributed by atoms with Gasteiger partial charge in [0, 0.05) is 18.3 Å². The summed E-state index contributed by atoms with van der Waals surface area (Å²) in [5.41, 5.74) is 1.74. The summed E-state index contributed by atoms with van der Waals surface area (Å²) in [4.78, 5) is 13.7. The molecular weight excluding hydrogens is 164 g/mol. The highest BCUT2D eigenvalue weighted by Gasteiger charge is 1.92. The molecule has 0 amide bonds. The van der Waals surface area contributed by atoms with Crippen molar-refractivity contribution in [3.63, 3.8) is 0 Å². The van der Waals surface area contributed by atoms with Crippen LogP contribution in [-0.2, 0) is 0 Å². The van der Waals surface area contributed by atoms with E-state index in [2.05, 4.69) is 10.3 Å². The van der Waals surface area contributed by atoms with Crippen molar-refractivity contribution in [2.75, 3.05) is 13.6 Å². The molecule has 0 saturated heterocycles. The van der Waals surface area contributed by atoms with Crippen LogP contribution in [0.1, 0.15) is 11.1 Å². The summed E-state index contributed by atoms with van der Waals surface area (Å²) in [5.74, 6) is 0. The standard InChI is InChI=1S/C10H14N2O/c1-8-6-9(4-3-5-11-2)7-12-10(8)13/h3-4,6-7,11H,5H2,1-2H3,(H,12,13). The zero-order chi connectivity index (χ0) is 9.68. The Morgan fingerprint density at radius 3 is 3.00 bits per heavy atom. The van der Waals surface area contributed by atoms with E-state index in [-0.39, 0.29) is 5.56 Å². The third-order valence-corrected chi connectivity index (χ3v) is 1.74. The number of aromatic amines is 1. The number of likely N-dealkylation sites (N-methyl/N-ethyl adjacent to an activating group) is 1. The zero-order valence-corrected chi connectivity index (χ0v) is 7.92. The molecule has 1 rings (SSSR count). The van der Waals surface area contributed by atoms with E-state index >= 15 is 0 Å². The minimum Gasteiger partial charge on any atom is -0.328 e. The fourth-order valence-electron chi connectivity index (χ4n) is 1.03. The summed E-state index contributed by atoms with van der Waals surface area (Å²) in [7, 11) is 1.89. The van der Waals surface area contributed by atoms with Crippen LogP contribution in [0, 0.1) is 6.92 Å². The molecule has 0 aliphatic rings. The van der Waals surface area contributed by atoms with Gasteiger partial charge in [-0.1, -0.05) is 12.2 Å².